The van der Waals surface area contributed by atoms with E-state index in [1.807, 2.05) is 30.3 Å². The molecule has 0 aliphatic heterocycles. The van der Waals surface area contributed by atoms with Crippen LogP contribution in [0.5, 0.6) is 11.5 Å². The van der Waals surface area contributed by atoms with E-state index in [2.05, 4.69) is 5.32 Å². The third kappa shape index (κ3) is 7.01. The fourth-order valence-electron chi connectivity index (χ4n) is 4.11. The van der Waals surface area contributed by atoms with Crippen LogP contribution in [0.15, 0.2) is 77.7 Å². The Hall–Kier alpha value is -3.76. The van der Waals surface area contributed by atoms with Gasteiger partial charge in [0, 0.05) is 24.7 Å². The maximum Gasteiger partial charge on any atom is 0.264 e. The Morgan fingerprint density at radius 2 is 1.59 bits per heavy atom. The summed E-state index contributed by atoms with van der Waals surface area (Å²) in [5.41, 5.74) is 1.03. The largest absolute Gasteiger partial charge is 0.493 e. The number of carbonyl (C=O) groups excluding carboxylic acids is 2. The van der Waals surface area contributed by atoms with Crippen LogP contribution in [-0.2, 0) is 26.2 Å². The van der Waals surface area contributed by atoms with Crippen LogP contribution >= 0.6 is 11.6 Å². The Morgan fingerprint density at radius 1 is 0.949 bits per heavy atom. The molecule has 3 aromatic rings. The van der Waals surface area contributed by atoms with Crippen molar-refractivity contribution in [1.82, 2.24) is 10.2 Å². The molecular weight excluding hydrogens is 542 g/mol. The molecule has 0 aliphatic rings. The molecule has 0 aromatic heterocycles. The van der Waals surface area contributed by atoms with Crippen LogP contribution in [-0.4, -0.2) is 59.0 Å². The van der Waals surface area contributed by atoms with Crippen molar-refractivity contribution < 1.29 is 27.5 Å². The Kier molecular flexibility index (Phi) is 10.2. The molecule has 0 fully saturated rings. The Labute approximate surface area is 234 Å². The van der Waals surface area contributed by atoms with Crippen LogP contribution in [0.4, 0.5) is 5.69 Å². The molecule has 0 radical (unpaired) electrons. The number of sulfonamides is 1. The van der Waals surface area contributed by atoms with Crippen molar-refractivity contribution >= 4 is 39.1 Å². The fraction of sp³-hybridized carbons (Fsp3) is 0.286. The van der Waals surface area contributed by atoms with Gasteiger partial charge in [-0.2, -0.15) is 0 Å². The smallest absolute Gasteiger partial charge is 0.264 e. The van der Waals surface area contributed by atoms with Crippen molar-refractivity contribution in [1.29, 1.82) is 0 Å². The molecule has 3 rings (SSSR count). The lowest BCUT2D eigenvalue weighted by Crippen LogP contribution is -2.51. The van der Waals surface area contributed by atoms with E-state index in [1.165, 1.54) is 56.5 Å². The zero-order valence-electron chi connectivity index (χ0n) is 22.3. The van der Waals surface area contributed by atoms with Crippen molar-refractivity contribution in [3.8, 4) is 11.5 Å². The number of amides is 2. The van der Waals surface area contributed by atoms with E-state index in [9.17, 15) is 18.0 Å². The molecule has 11 heteroatoms. The fourth-order valence-corrected chi connectivity index (χ4v) is 5.66. The minimum Gasteiger partial charge on any atom is -0.493 e. The first kappa shape index (κ1) is 29.8. The van der Waals surface area contributed by atoms with Gasteiger partial charge in [0.25, 0.3) is 10.0 Å². The van der Waals surface area contributed by atoms with E-state index >= 15 is 0 Å². The van der Waals surface area contributed by atoms with Gasteiger partial charge in [0.1, 0.15) is 12.6 Å². The first-order valence-electron chi connectivity index (χ1n) is 12.2. The second-order valence-electron chi connectivity index (χ2n) is 8.55. The molecule has 0 spiro atoms. The van der Waals surface area contributed by atoms with E-state index in [-0.39, 0.29) is 28.8 Å². The highest BCUT2D eigenvalue weighted by molar-refractivity contribution is 7.92. The predicted molar refractivity (Wildman–Crippen MR) is 151 cm³/mol. The average Bonchev–Trinajstić information content (AvgIpc) is 2.96. The van der Waals surface area contributed by atoms with Gasteiger partial charge in [-0.3, -0.25) is 13.9 Å². The number of nitrogens with one attached hydrogen (secondary N) is 1. The van der Waals surface area contributed by atoms with Crippen LogP contribution in [0.1, 0.15) is 18.9 Å². The molecule has 0 saturated carbocycles. The molecule has 1 unspecified atom stereocenters. The molecule has 3 aromatic carbocycles. The maximum absolute atomic E-state index is 14.0. The number of likely N-dealkylation sites (N-methyl/N-ethyl adjacent to an activating group) is 1. The summed E-state index contributed by atoms with van der Waals surface area (Å²) in [6, 6.07) is 18.7. The Bertz CT molecular complexity index is 1380. The van der Waals surface area contributed by atoms with E-state index < -0.39 is 28.5 Å². The second kappa shape index (κ2) is 13.3. The predicted octanol–water partition coefficient (Wildman–Crippen LogP) is 4.11. The highest BCUT2D eigenvalue weighted by Crippen LogP contribution is 2.32. The van der Waals surface area contributed by atoms with Crippen LogP contribution in [0.25, 0.3) is 0 Å². The van der Waals surface area contributed by atoms with Crippen molar-refractivity contribution in [2.24, 2.45) is 0 Å². The SMILES string of the molecule is CCC(C(=O)NC)N(Cc1ccccc1)C(=O)CN(c1ccc(Cl)cc1)S(=O)(=O)c1ccc(OC)c(OC)c1. The average molecular weight is 574 g/mol. The molecule has 0 aliphatic carbocycles. The third-order valence-corrected chi connectivity index (χ3v) is 8.19. The van der Waals surface area contributed by atoms with Gasteiger partial charge < -0.3 is 19.7 Å². The lowest BCUT2D eigenvalue weighted by molar-refractivity contribution is -0.140. The highest BCUT2D eigenvalue weighted by Gasteiger charge is 2.33. The standard InChI is InChI=1S/C28H32ClN3O6S/c1-5-24(28(34)30-2)31(18-20-9-7-6-8-10-20)27(33)19-32(22-13-11-21(29)12-14-22)39(35,36)23-15-16-25(37-3)26(17-23)38-4/h6-17,24H,5,18-19H2,1-4H3,(H,30,34). The first-order valence-corrected chi connectivity index (χ1v) is 14.0. The number of hydrogen-bond donors (Lipinski definition) is 1. The quantitative estimate of drug-likeness (QED) is 0.350. The summed E-state index contributed by atoms with van der Waals surface area (Å²) in [5.74, 6) is -0.316. The lowest BCUT2D eigenvalue weighted by Gasteiger charge is -2.33. The monoisotopic (exact) mass is 573 g/mol. The van der Waals surface area contributed by atoms with Crippen LogP contribution in [0, 0.1) is 0 Å². The molecule has 39 heavy (non-hydrogen) atoms. The van der Waals surface area contributed by atoms with Gasteiger partial charge in [-0.15, -0.1) is 0 Å². The minimum atomic E-state index is -4.28. The summed E-state index contributed by atoms with van der Waals surface area (Å²) >= 11 is 6.06. The van der Waals surface area contributed by atoms with Crippen LogP contribution in [0.3, 0.4) is 0 Å². The second-order valence-corrected chi connectivity index (χ2v) is 10.8. The number of anilines is 1. The van der Waals surface area contributed by atoms with Gasteiger partial charge in [0.2, 0.25) is 11.8 Å². The van der Waals surface area contributed by atoms with Crippen LogP contribution < -0.4 is 19.1 Å². The zero-order chi connectivity index (χ0) is 28.6. The molecule has 0 heterocycles. The topological polar surface area (TPSA) is 105 Å². The van der Waals surface area contributed by atoms with Crippen molar-refractivity contribution in [2.45, 2.75) is 30.8 Å². The summed E-state index contributed by atoms with van der Waals surface area (Å²) in [4.78, 5) is 27.9. The number of halogens is 1. The molecule has 208 valence electrons. The summed E-state index contributed by atoms with van der Waals surface area (Å²) in [5, 5.41) is 3.01. The number of carbonyl (C=O) groups is 2. The van der Waals surface area contributed by atoms with Crippen molar-refractivity contribution in [2.75, 3.05) is 32.1 Å². The number of methoxy groups -OCH3 is 2. The van der Waals surface area contributed by atoms with Crippen molar-refractivity contribution in [3.63, 3.8) is 0 Å². The lowest BCUT2D eigenvalue weighted by atomic mass is 10.1. The van der Waals surface area contributed by atoms with Gasteiger partial charge in [-0.25, -0.2) is 8.42 Å². The molecule has 0 saturated heterocycles. The van der Waals surface area contributed by atoms with Gasteiger partial charge >= 0.3 is 0 Å². The number of ether oxygens (including phenoxy) is 2. The van der Waals surface area contributed by atoms with Gasteiger partial charge in [-0.05, 0) is 48.4 Å². The highest BCUT2D eigenvalue weighted by atomic mass is 35.5. The van der Waals surface area contributed by atoms with Crippen LogP contribution in [0.2, 0.25) is 5.02 Å². The van der Waals surface area contributed by atoms with Crippen molar-refractivity contribution in [3.05, 3.63) is 83.4 Å². The number of benzene rings is 3. The Morgan fingerprint density at radius 3 is 2.15 bits per heavy atom. The summed E-state index contributed by atoms with van der Waals surface area (Å²) in [6.07, 6.45) is 0.335. The number of hydrogen-bond acceptors (Lipinski definition) is 6. The third-order valence-electron chi connectivity index (χ3n) is 6.16. The van der Waals surface area contributed by atoms with Gasteiger partial charge in [0.05, 0.1) is 24.8 Å². The van der Waals surface area contributed by atoms with Gasteiger partial charge in [-0.1, -0.05) is 48.9 Å². The van der Waals surface area contributed by atoms with E-state index in [1.54, 1.807) is 19.1 Å². The van der Waals surface area contributed by atoms with Gasteiger partial charge in [0.15, 0.2) is 11.5 Å². The van der Waals surface area contributed by atoms with E-state index in [0.717, 1.165) is 9.87 Å². The summed E-state index contributed by atoms with van der Waals surface area (Å²) in [7, 11) is 0.0698. The first-order chi connectivity index (χ1) is 18.7. The molecular formula is C28H32ClN3O6S. The molecule has 0 bridgehead atoms. The summed E-state index contributed by atoms with van der Waals surface area (Å²) in [6.45, 7) is 1.36. The molecule has 1 N–H and O–H groups in total. The maximum atomic E-state index is 14.0. The van der Waals surface area contributed by atoms with E-state index in [4.69, 9.17) is 21.1 Å². The van der Waals surface area contributed by atoms with E-state index in [0.29, 0.717) is 17.2 Å². The number of rotatable bonds is 12. The Balaban J connectivity index is 2.08. The number of nitrogens with zero attached hydrogens (tertiary/aromatic N) is 2. The molecule has 2 amide bonds. The minimum absolute atomic E-state index is 0.101. The zero-order valence-corrected chi connectivity index (χ0v) is 23.8. The normalized spacial score (nSPS) is 11.8. The molecule has 1 atom stereocenters. The summed E-state index contributed by atoms with van der Waals surface area (Å²) < 4.78 is 39.5. The molecule has 9 nitrogen and oxygen atoms in total.